The van der Waals surface area contributed by atoms with E-state index in [2.05, 4.69) is 10.6 Å². The predicted molar refractivity (Wildman–Crippen MR) is 110 cm³/mol. The summed E-state index contributed by atoms with van der Waals surface area (Å²) in [4.78, 5) is 12.5. The summed E-state index contributed by atoms with van der Waals surface area (Å²) >= 11 is 0. The van der Waals surface area contributed by atoms with Crippen LogP contribution in [0.25, 0.3) is 11.1 Å². The molecule has 1 aliphatic rings. The number of amides is 1. The summed E-state index contributed by atoms with van der Waals surface area (Å²) < 4.78 is 11.5. The fraction of sp³-hybridized carbons (Fsp3) is 0.381. The Morgan fingerprint density at radius 2 is 2.07 bits per heavy atom. The van der Waals surface area contributed by atoms with Crippen molar-refractivity contribution >= 4 is 18.3 Å². The highest BCUT2D eigenvalue weighted by atomic mass is 35.5. The molecule has 1 heterocycles. The van der Waals surface area contributed by atoms with Crippen molar-refractivity contribution in [2.75, 3.05) is 26.2 Å². The summed E-state index contributed by atoms with van der Waals surface area (Å²) in [5, 5.41) is 6.22. The molecule has 1 unspecified atom stereocenters. The van der Waals surface area contributed by atoms with Crippen LogP contribution in [-0.4, -0.2) is 44.4 Å². The van der Waals surface area contributed by atoms with Gasteiger partial charge in [-0.05, 0) is 37.6 Å². The highest BCUT2D eigenvalue weighted by Crippen LogP contribution is 2.31. The average molecular weight is 391 g/mol. The smallest absolute Gasteiger partial charge is 0.251 e. The van der Waals surface area contributed by atoms with Crippen LogP contribution in [0.3, 0.4) is 0 Å². The minimum atomic E-state index is -0.0942. The number of nitrogens with one attached hydrogen (secondary N) is 2. The number of halogens is 1. The molecular weight excluding hydrogens is 364 g/mol. The Labute approximate surface area is 166 Å². The van der Waals surface area contributed by atoms with E-state index in [1.54, 1.807) is 0 Å². The topological polar surface area (TPSA) is 59.6 Å². The van der Waals surface area contributed by atoms with Crippen LogP contribution < -0.4 is 15.4 Å². The van der Waals surface area contributed by atoms with Gasteiger partial charge in [-0.2, -0.15) is 0 Å². The highest BCUT2D eigenvalue weighted by Gasteiger charge is 2.15. The van der Waals surface area contributed by atoms with Crippen LogP contribution in [0.4, 0.5) is 0 Å². The van der Waals surface area contributed by atoms with Crippen molar-refractivity contribution in [2.45, 2.75) is 26.1 Å². The second-order valence-electron chi connectivity index (χ2n) is 6.65. The summed E-state index contributed by atoms with van der Waals surface area (Å²) in [7, 11) is 0. The Bertz CT molecular complexity index is 746. The number of carbonyl (C=O) groups is 1. The zero-order valence-electron chi connectivity index (χ0n) is 15.7. The van der Waals surface area contributed by atoms with Crippen LogP contribution in [0.15, 0.2) is 48.5 Å². The van der Waals surface area contributed by atoms with Crippen molar-refractivity contribution in [1.29, 1.82) is 0 Å². The minimum absolute atomic E-state index is 0. The van der Waals surface area contributed by atoms with Crippen molar-refractivity contribution in [1.82, 2.24) is 10.6 Å². The molecule has 0 radical (unpaired) electrons. The number of hydrogen-bond acceptors (Lipinski definition) is 4. The van der Waals surface area contributed by atoms with Gasteiger partial charge in [0.2, 0.25) is 0 Å². The fourth-order valence-corrected chi connectivity index (χ4v) is 2.95. The molecule has 0 aliphatic carbocycles. The van der Waals surface area contributed by atoms with Crippen LogP contribution in [0.5, 0.6) is 5.75 Å². The van der Waals surface area contributed by atoms with Gasteiger partial charge in [0.15, 0.2) is 0 Å². The molecular formula is C21H27ClN2O3. The Kier molecular flexibility index (Phi) is 8.10. The molecule has 2 aromatic rings. The quantitative estimate of drug-likeness (QED) is 0.794. The first kappa shape index (κ1) is 21.2. The van der Waals surface area contributed by atoms with Crippen LogP contribution in [0, 0.1) is 0 Å². The molecule has 1 saturated heterocycles. The zero-order valence-corrected chi connectivity index (χ0v) is 16.6. The molecule has 0 spiro atoms. The van der Waals surface area contributed by atoms with Crippen molar-refractivity contribution in [3.63, 3.8) is 0 Å². The summed E-state index contributed by atoms with van der Waals surface area (Å²) in [6.07, 6.45) is 0.114. The normalized spacial score (nSPS) is 16.5. The molecule has 0 bridgehead atoms. The Hall–Kier alpha value is -2.08. The molecule has 2 N–H and O–H groups in total. The molecule has 2 aromatic carbocycles. The molecule has 6 heteroatoms. The van der Waals surface area contributed by atoms with Crippen molar-refractivity contribution < 1.29 is 14.3 Å². The van der Waals surface area contributed by atoms with Crippen LogP contribution in [-0.2, 0) is 4.74 Å². The molecule has 1 aliphatic heterocycles. The number of carbonyl (C=O) groups excluding carboxylic acids is 1. The van der Waals surface area contributed by atoms with E-state index in [1.165, 1.54) is 0 Å². The summed E-state index contributed by atoms with van der Waals surface area (Å²) in [5.74, 6) is 0.727. The van der Waals surface area contributed by atoms with Gasteiger partial charge in [-0.3, -0.25) is 4.79 Å². The number of morpholine rings is 1. The number of para-hydroxylation sites is 1. The zero-order chi connectivity index (χ0) is 18.4. The molecule has 0 saturated carbocycles. The SMILES string of the molecule is CC(C)Oc1ccccc1-c1cccc(C(=O)NCC2CNCCO2)c1.Cl. The van der Waals surface area contributed by atoms with E-state index in [1.807, 2.05) is 62.4 Å². The van der Waals surface area contributed by atoms with Gasteiger partial charge in [0, 0.05) is 30.8 Å². The molecule has 1 atom stereocenters. The van der Waals surface area contributed by atoms with Crippen LogP contribution in [0.2, 0.25) is 0 Å². The first-order valence-corrected chi connectivity index (χ1v) is 9.10. The number of rotatable bonds is 6. The van der Waals surface area contributed by atoms with Crippen molar-refractivity contribution in [3.05, 3.63) is 54.1 Å². The van der Waals surface area contributed by atoms with Gasteiger partial charge in [0.25, 0.3) is 5.91 Å². The summed E-state index contributed by atoms with van der Waals surface area (Å²) in [6.45, 7) is 6.82. The molecule has 0 aromatic heterocycles. The average Bonchev–Trinajstić information content (AvgIpc) is 2.67. The third-order valence-electron chi connectivity index (χ3n) is 4.18. The minimum Gasteiger partial charge on any atom is -0.490 e. The van der Waals surface area contributed by atoms with E-state index >= 15 is 0 Å². The van der Waals surface area contributed by atoms with Crippen molar-refractivity contribution in [2.24, 2.45) is 0 Å². The summed E-state index contributed by atoms with van der Waals surface area (Å²) in [6, 6.07) is 15.5. The lowest BCUT2D eigenvalue weighted by atomic mass is 10.0. The maximum absolute atomic E-state index is 12.5. The highest BCUT2D eigenvalue weighted by molar-refractivity contribution is 5.95. The van der Waals surface area contributed by atoms with Crippen LogP contribution >= 0.6 is 12.4 Å². The van der Waals surface area contributed by atoms with E-state index in [0.717, 1.165) is 30.0 Å². The monoisotopic (exact) mass is 390 g/mol. The third-order valence-corrected chi connectivity index (χ3v) is 4.18. The Balaban J connectivity index is 0.00000261. The lowest BCUT2D eigenvalue weighted by Crippen LogP contribution is -2.45. The molecule has 5 nitrogen and oxygen atoms in total. The molecule has 1 fully saturated rings. The van der Waals surface area contributed by atoms with Gasteiger partial charge in [-0.25, -0.2) is 0 Å². The Morgan fingerprint density at radius 3 is 2.81 bits per heavy atom. The van der Waals surface area contributed by atoms with Gasteiger partial charge >= 0.3 is 0 Å². The van der Waals surface area contributed by atoms with Gasteiger partial charge in [-0.15, -0.1) is 12.4 Å². The molecule has 3 rings (SSSR count). The maximum atomic E-state index is 12.5. The maximum Gasteiger partial charge on any atom is 0.251 e. The lowest BCUT2D eigenvalue weighted by Gasteiger charge is -2.23. The number of hydrogen-bond donors (Lipinski definition) is 2. The second kappa shape index (κ2) is 10.3. The van der Waals surface area contributed by atoms with E-state index in [9.17, 15) is 4.79 Å². The largest absolute Gasteiger partial charge is 0.490 e. The number of ether oxygens (including phenoxy) is 2. The third kappa shape index (κ3) is 5.96. The van der Waals surface area contributed by atoms with E-state index in [4.69, 9.17) is 9.47 Å². The van der Waals surface area contributed by atoms with E-state index in [0.29, 0.717) is 18.7 Å². The molecule has 27 heavy (non-hydrogen) atoms. The van der Waals surface area contributed by atoms with Gasteiger partial charge in [-0.1, -0.05) is 30.3 Å². The fourth-order valence-electron chi connectivity index (χ4n) is 2.95. The van der Waals surface area contributed by atoms with Crippen molar-refractivity contribution in [3.8, 4) is 16.9 Å². The van der Waals surface area contributed by atoms with E-state index in [-0.39, 0.29) is 30.5 Å². The first-order valence-electron chi connectivity index (χ1n) is 9.10. The van der Waals surface area contributed by atoms with Gasteiger partial charge < -0.3 is 20.1 Å². The summed E-state index contributed by atoms with van der Waals surface area (Å²) in [5.41, 5.74) is 2.57. The molecule has 146 valence electrons. The van der Waals surface area contributed by atoms with Gasteiger partial charge in [0.05, 0.1) is 18.8 Å². The van der Waals surface area contributed by atoms with Crippen LogP contribution in [0.1, 0.15) is 24.2 Å². The second-order valence-corrected chi connectivity index (χ2v) is 6.65. The predicted octanol–water partition coefficient (Wildman–Crippen LogP) is 3.28. The standard InChI is InChI=1S/C21H26N2O3.ClH/c1-15(2)26-20-9-4-3-8-19(20)16-6-5-7-17(12-16)21(24)23-14-18-13-22-10-11-25-18;/h3-9,12,15,18,22H,10-11,13-14H2,1-2H3,(H,23,24);1H. The van der Waals surface area contributed by atoms with Gasteiger partial charge in [0.1, 0.15) is 5.75 Å². The Morgan fingerprint density at radius 1 is 1.26 bits per heavy atom. The molecule has 1 amide bonds. The van der Waals surface area contributed by atoms with E-state index < -0.39 is 0 Å². The number of benzene rings is 2. The first-order chi connectivity index (χ1) is 12.6. The lowest BCUT2D eigenvalue weighted by molar-refractivity contribution is 0.0287.